The number of hydrogen-bond acceptors (Lipinski definition) is 6. The van der Waals surface area contributed by atoms with Gasteiger partial charge >= 0.3 is 12.1 Å². The number of ether oxygens (including phenoxy) is 1. The van der Waals surface area contributed by atoms with Crippen molar-refractivity contribution >= 4 is 17.8 Å². The molecule has 7 atom stereocenters. The van der Waals surface area contributed by atoms with Crippen LogP contribution in [0.2, 0.25) is 0 Å². The van der Waals surface area contributed by atoms with Gasteiger partial charge in [0, 0.05) is 35.7 Å². The molecular weight excluding hydrogens is 513 g/mol. The lowest BCUT2D eigenvalue weighted by Gasteiger charge is -2.50. The van der Waals surface area contributed by atoms with Crippen LogP contribution in [0.3, 0.4) is 0 Å². The van der Waals surface area contributed by atoms with Crippen LogP contribution in [-0.2, 0) is 20.5 Å². The Balaban J connectivity index is 1.45. The van der Waals surface area contributed by atoms with Crippen molar-refractivity contribution in [3.8, 4) is 0 Å². The molecule has 0 radical (unpaired) electrons. The normalized spacial score (nSPS) is 38.8. The molecule has 9 heteroatoms. The molecule has 0 heterocycles. The third-order valence-corrected chi connectivity index (χ3v) is 9.81. The van der Waals surface area contributed by atoms with E-state index in [0.29, 0.717) is 16.7 Å². The first-order chi connectivity index (χ1) is 18.0. The first kappa shape index (κ1) is 27.8. The molecule has 2 fully saturated rings. The zero-order valence-electron chi connectivity index (χ0n) is 22.2. The maximum Gasteiger partial charge on any atom is 0.416 e. The molecule has 4 aliphatic rings. The summed E-state index contributed by atoms with van der Waals surface area (Å²) in [6.45, 7) is 6.91. The monoisotopic (exact) mass is 546 g/mol. The highest BCUT2D eigenvalue weighted by molar-refractivity contribution is 6.04. The van der Waals surface area contributed by atoms with Gasteiger partial charge < -0.3 is 20.1 Å². The molecule has 0 aromatic heterocycles. The van der Waals surface area contributed by atoms with E-state index in [1.165, 1.54) is 24.3 Å². The summed E-state index contributed by atoms with van der Waals surface area (Å²) in [6, 6.07) is 4.42. The number of fused-ring (bicyclic) bond motifs is 5. The number of carbonyl (C=O) groups excluding carboxylic acids is 2. The fourth-order valence-corrected chi connectivity index (χ4v) is 7.76. The van der Waals surface area contributed by atoms with Gasteiger partial charge in [-0.15, -0.1) is 0 Å². The predicted molar refractivity (Wildman–Crippen MR) is 136 cm³/mol. The summed E-state index contributed by atoms with van der Waals surface area (Å²) < 4.78 is 44.6. The van der Waals surface area contributed by atoms with Gasteiger partial charge in [-0.2, -0.15) is 13.2 Å². The van der Waals surface area contributed by atoms with Crippen molar-refractivity contribution < 1.29 is 42.8 Å². The summed E-state index contributed by atoms with van der Waals surface area (Å²) in [6.07, 6.45) is 1.69. The van der Waals surface area contributed by atoms with Crippen molar-refractivity contribution in [2.24, 2.45) is 29.1 Å². The number of aliphatic hydroxyl groups is 3. The summed E-state index contributed by atoms with van der Waals surface area (Å²) in [4.78, 5) is 26.0. The van der Waals surface area contributed by atoms with Crippen LogP contribution in [0.25, 0.3) is 6.08 Å². The van der Waals surface area contributed by atoms with E-state index in [1.54, 1.807) is 19.1 Å². The topological polar surface area (TPSA) is 104 Å². The maximum absolute atomic E-state index is 13.0. The van der Waals surface area contributed by atoms with Gasteiger partial charge in [0.15, 0.2) is 5.78 Å². The number of ketones is 1. The van der Waals surface area contributed by atoms with Crippen LogP contribution in [0, 0.1) is 29.1 Å². The van der Waals surface area contributed by atoms with Crippen LogP contribution in [-0.4, -0.2) is 50.5 Å². The number of carbonyl (C=O) groups is 2. The number of halogens is 3. The molecule has 210 valence electrons. The standard InChI is InChI=1S/C30H33F3O6/c1-16-11-22-27(37,25(16)36)14-19(15-34)12-21-24-26(3,4)28(24,13-17(2)29(21,22)38)39-23(35)10-7-18-5-8-20(9-6-18)30(31,32)33/h5-12,17,21-22,24,34,37-38H,13-15H2,1-4H3/b10-7+/t17-,21+,22-,24-,27-,28+,29-/m1/s1. The molecule has 4 aliphatic carbocycles. The van der Waals surface area contributed by atoms with Crippen LogP contribution >= 0.6 is 0 Å². The molecule has 0 spiro atoms. The molecule has 6 nitrogen and oxygen atoms in total. The van der Waals surface area contributed by atoms with Gasteiger partial charge in [0.2, 0.25) is 0 Å². The van der Waals surface area contributed by atoms with Gasteiger partial charge in [-0.25, -0.2) is 4.79 Å². The average molecular weight is 547 g/mol. The molecule has 3 N–H and O–H groups in total. The van der Waals surface area contributed by atoms with Crippen LogP contribution < -0.4 is 0 Å². The molecule has 0 amide bonds. The number of rotatable bonds is 4. The van der Waals surface area contributed by atoms with Gasteiger partial charge in [-0.3, -0.25) is 4.79 Å². The van der Waals surface area contributed by atoms with Gasteiger partial charge in [0.05, 0.1) is 17.8 Å². The van der Waals surface area contributed by atoms with Gasteiger partial charge in [-0.1, -0.05) is 45.1 Å². The molecule has 2 saturated carbocycles. The Morgan fingerprint density at radius 2 is 1.79 bits per heavy atom. The Morgan fingerprint density at radius 3 is 2.38 bits per heavy atom. The Labute approximate surface area is 224 Å². The summed E-state index contributed by atoms with van der Waals surface area (Å²) in [7, 11) is 0. The molecule has 0 unspecified atom stereocenters. The number of aliphatic hydroxyl groups excluding tert-OH is 1. The van der Waals surface area contributed by atoms with Crippen molar-refractivity contribution in [1.82, 2.24) is 0 Å². The van der Waals surface area contributed by atoms with Gasteiger partial charge in [0.1, 0.15) is 11.2 Å². The minimum atomic E-state index is -4.45. The number of esters is 1. The van der Waals surface area contributed by atoms with Crippen molar-refractivity contribution in [2.75, 3.05) is 6.61 Å². The quantitative estimate of drug-likeness (QED) is 0.297. The Morgan fingerprint density at radius 1 is 1.15 bits per heavy atom. The fraction of sp³-hybridized carbons (Fsp3) is 0.533. The molecule has 39 heavy (non-hydrogen) atoms. The first-order valence-corrected chi connectivity index (χ1v) is 13.1. The van der Waals surface area contributed by atoms with Crippen LogP contribution in [0.5, 0.6) is 0 Å². The molecule has 0 bridgehead atoms. The maximum atomic E-state index is 13.0. The smallest absolute Gasteiger partial charge is 0.416 e. The summed E-state index contributed by atoms with van der Waals surface area (Å²) >= 11 is 0. The van der Waals surface area contributed by atoms with E-state index in [0.717, 1.165) is 12.1 Å². The van der Waals surface area contributed by atoms with E-state index >= 15 is 0 Å². The first-order valence-electron chi connectivity index (χ1n) is 13.1. The van der Waals surface area contributed by atoms with Crippen molar-refractivity contribution in [3.63, 3.8) is 0 Å². The molecule has 1 aromatic carbocycles. The van der Waals surface area contributed by atoms with Crippen molar-refractivity contribution in [2.45, 2.75) is 63.5 Å². The number of benzene rings is 1. The third-order valence-electron chi connectivity index (χ3n) is 9.81. The summed E-state index contributed by atoms with van der Waals surface area (Å²) in [5, 5.41) is 34.0. The van der Waals surface area contributed by atoms with Crippen LogP contribution in [0.15, 0.2) is 53.6 Å². The van der Waals surface area contributed by atoms with Gasteiger partial charge in [0.25, 0.3) is 0 Å². The van der Waals surface area contributed by atoms with E-state index in [-0.39, 0.29) is 18.8 Å². The highest BCUT2D eigenvalue weighted by atomic mass is 19.4. The zero-order valence-corrected chi connectivity index (χ0v) is 22.2. The average Bonchev–Trinajstić information content (AvgIpc) is 3.26. The van der Waals surface area contributed by atoms with E-state index in [2.05, 4.69) is 0 Å². The van der Waals surface area contributed by atoms with E-state index in [4.69, 9.17) is 4.74 Å². The summed E-state index contributed by atoms with van der Waals surface area (Å²) in [5.74, 6) is -3.47. The second-order valence-corrected chi connectivity index (χ2v) is 12.2. The predicted octanol–water partition coefficient (Wildman–Crippen LogP) is 4.24. The van der Waals surface area contributed by atoms with Gasteiger partial charge in [-0.05, 0) is 54.2 Å². The highest BCUT2D eigenvalue weighted by Crippen LogP contribution is 2.76. The molecular formula is C30H33F3O6. The number of hydrogen-bond donors (Lipinski definition) is 3. The molecule has 5 rings (SSSR count). The number of Topliss-reactive ketones (excluding diaryl/α,β-unsaturated/α-hetero) is 1. The molecule has 1 aromatic rings. The lowest BCUT2D eigenvalue weighted by molar-refractivity contribution is -0.185. The Hall–Kier alpha value is -2.75. The minimum Gasteiger partial charge on any atom is -0.455 e. The van der Waals surface area contributed by atoms with E-state index < -0.39 is 70.1 Å². The summed E-state index contributed by atoms with van der Waals surface area (Å²) in [5.41, 5.74) is -4.48. The van der Waals surface area contributed by atoms with Crippen LogP contribution in [0.4, 0.5) is 13.2 Å². The highest BCUT2D eigenvalue weighted by Gasteiger charge is 2.83. The zero-order chi connectivity index (χ0) is 28.8. The lowest BCUT2D eigenvalue weighted by atomic mass is 9.60. The minimum absolute atomic E-state index is 0.0951. The SMILES string of the molecule is CC1=C[C@H]2[C@@]3(O)[C@H](C)C[C@]4(OC(=O)/C=C/c5ccc(C(F)(F)F)cc5)[C@H]([C@@H]3C=C(CO)C[C@]2(O)C1=O)C4(C)C. The number of alkyl halides is 3. The Kier molecular flexibility index (Phi) is 6.15. The second kappa shape index (κ2) is 8.62. The second-order valence-electron chi connectivity index (χ2n) is 12.2. The van der Waals surface area contributed by atoms with E-state index in [1.807, 2.05) is 20.8 Å². The van der Waals surface area contributed by atoms with Crippen LogP contribution in [0.1, 0.15) is 51.7 Å². The fourth-order valence-electron chi connectivity index (χ4n) is 7.76. The lowest BCUT2D eigenvalue weighted by Crippen LogP contribution is -2.61. The largest absolute Gasteiger partial charge is 0.455 e. The van der Waals surface area contributed by atoms with Crippen molar-refractivity contribution in [3.05, 3.63) is 64.8 Å². The Bertz CT molecular complexity index is 1310. The van der Waals surface area contributed by atoms with E-state index in [9.17, 15) is 38.1 Å². The molecule has 0 saturated heterocycles. The third kappa shape index (κ3) is 3.88. The van der Waals surface area contributed by atoms with Crippen molar-refractivity contribution in [1.29, 1.82) is 0 Å². The molecule has 0 aliphatic heterocycles.